The van der Waals surface area contributed by atoms with Crippen LogP contribution in [0.25, 0.3) is 0 Å². The van der Waals surface area contributed by atoms with Crippen molar-refractivity contribution in [3.63, 3.8) is 0 Å². The van der Waals surface area contributed by atoms with Gasteiger partial charge in [0.2, 0.25) is 11.8 Å². The number of ether oxygens (including phenoxy) is 1. The molecule has 5 nitrogen and oxygen atoms in total. The largest absolute Gasteiger partial charge is 0.377 e. The Bertz CT molecular complexity index is 688. The minimum absolute atomic E-state index is 0.0160. The number of carbonyl (C=O) groups excluding carboxylic acids is 2. The second kappa shape index (κ2) is 9.02. The molecule has 2 N–H and O–H groups in total. The van der Waals surface area contributed by atoms with Gasteiger partial charge in [-0.1, -0.05) is 18.6 Å². The standard InChI is InChI=1S/C20H26ClFN2O3/c21-11-18(25)23-12-14-5-6-15(16(22)10-14)13-24-19(26)20(7-3-8-20)17-4-1-2-9-27-17/h5-6,10,17H,1-4,7-9,11-13H2,(H,23,25)(H,24,26). The predicted octanol–water partition coefficient (Wildman–Crippen LogP) is 3.04. The lowest BCUT2D eigenvalue weighted by molar-refractivity contribution is -0.157. The molecule has 2 amide bonds. The summed E-state index contributed by atoms with van der Waals surface area (Å²) in [6.45, 7) is 1.08. The highest BCUT2D eigenvalue weighted by Gasteiger charge is 2.51. The monoisotopic (exact) mass is 396 g/mol. The van der Waals surface area contributed by atoms with Crippen LogP contribution in [-0.2, 0) is 27.4 Å². The van der Waals surface area contributed by atoms with E-state index >= 15 is 0 Å². The van der Waals surface area contributed by atoms with E-state index in [4.69, 9.17) is 16.3 Å². The molecule has 27 heavy (non-hydrogen) atoms. The Labute approximate surface area is 164 Å². The molecule has 0 bridgehead atoms. The van der Waals surface area contributed by atoms with Crippen molar-refractivity contribution in [2.45, 2.75) is 57.7 Å². The van der Waals surface area contributed by atoms with E-state index in [9.17, 15) is 14.0 Å². The molecule has 0 spiro atoms. The molecule has 1 saturated heterocycles. The fraction of sp³-hybridized carbons (Fsp3) is 0.600. The van der Waals surface area contributed by atoms with Gasteiger partial charge in [-0.3, -0.25) is 9.59 Å². The molecule has 1 saturated carbocycles. The number of amides is 2. The van der Waals surface area contributed by atoms with Gasteiger partial charge in [-0.2, -0.15) is 0 Å². The van der Waals surface area contributed by atoms with Crippen molar-refractivity contribution < 1.29 is 18.7 Å². The van der Waals surface area contributed by atoms with Crippen LogP contribution in [-0.4, -0.2) is 30.4 Å². The van der Waals surface area contributed by atoms with Crippen molar-refractivity contribution in [1.29, 1.82) is 0 Å². The quantitative estimate of drug-likeness (QED) is 0.696. The van der Waals surface area contributed by atoms with Crippen molar-refractivity contribution in [1.82, 2.24) is 10.6 Å². The lowest BCUT2D eigenvalue weighted by Crippen LogP contribution is -2.54. The molecule has 3 rings (SSSR count). The van der Waals surface area contributed by atoms with Gasteiger partial charge in [-0.25, -0.2) is 4.39 Å². The first-order chi connectivity index (χ1) is 13.0. The summed E-state index contributed by atoms with van der Waals surface area (Å²) in [6, 6.07) is 4.75. The van der Waals surface area contributed by atoms with Gasteiger partial charge >= 0.3 is 0 Å². The normalized spacial score (nSPS) is 21.2. The molecule has 2 aliphatic rings. The van der Waals surface area contributed by atoms with Crippen molar-refractivity contribution in [3.8, 4) is 0 Å². The molecule has 1 heterocycles. The summed E-state index contributed by atoms with van der Waals surface area (Å²) in [5.41, 5.74) is 0.629. The Kier molecular flexibility index (Phi) is 6.71. The van der Waals surface area contributed by atoms with E-state index in [-0.39, 0.29) is 36.9 Å². The number of hydrogen-bond acceptors (Lipinski definition) is 3. The van der Waals surface area contributed by atoms with Gasteiger partial charge in [0.25, 0.3) is 0 Å². The topological polar surface area (TPSA) is 67.4 Å². The van der Waals surface area contributed by atoms with Gasteiger partial charge in [0.15, 0.2) is 0 Å². The van der Waals surface area contributed by atoms with Gasteiger partial charge in [-0.15, -0.1) is 11.6 Å². The van der Waals surface area contributed by atoms with Crippen molar-refractivity contribution in [2.24, 2.45) is 5.41 Å². The average molecular weight is 397 g/mol. The first kappa shape index (κ1) is 20.1. The van der Waals surface area contributed by atoms with E-state index < -0.39 is 11.2 Å². The number of alkyl halides is 1. The fourth-order valence-corrected chi connectivity index (χ4v) is 3.97. The van der Waals surface area contributed by atoms with Crippen LogP contribution in [0.2, 0.25) is 0 Å². The molecule has 7 heteroatoms. The van der Waals surface area contributed by atoms with Crippen molar-refractivity contribution in [3.05, 3.63) is 35.1 Å². The van der Waals surface area contributed by atoms with Crippen LogP contribution in [0.3, 0.4) is 0 Å². The smallest absolute Gasteiger partial charge is 0.235 e. The lowest BCUT2D eigenvalue weighted by atomic mass is 9.63. The molecular formula is C20H26ClFN2O3. The Morgan fingerprint density at radius 1 is 1.19 bits per heavy atom. The van der Waals surface area contributed by atoms with Crippen LogP contribution >= 0.6 is 11.6 Å². The van der Waals surface area contributed by atoms with Gasteiger partial charge < -0.3 is 15.4 Å². The third kappa shape index (κ3) is 4.61. The first-order valence-corrected chi connectivity index (χ1v) is 10.1. The number of halogens is 2. The van der Waals surface area contributed by atoms with Crippen LogP contribution in [0.4, 0.5) is 4.39 Å². The molecule has 1 aliphatic carbocycles. The predicted molar refractivity (Wildman–Crippen MR) is 101 cm³/mol. The zero-order valence-corrected chi connectivity index (χ0v) is 16.1. The number of hydrogen-bond donors (Lipinski definition) is 2. The summed E-state index contributed by atoms with van der Waals surface area (Å²) in [7, 11) is 0. The lowest BCUT2D eigenvalue weighted by Gasteiger charge is -2.47. The minimum Gasteiger partial charge on any atom is -0.377 e. The molecule has 0 aromatic heterocycles. The van der Waals surface area contributed by atoms with E-state index in [1.165, 1.54) is 6.07 Å². The number of carbonyl (C=O) groups is 2. The highest BCUT2D eigenvalue weighted by atomic mass is 35.5. The second-order valence-electron chi connectivity index (χ2n) is 7.38. The fourth-order valence-electron chi connectivity index (χ4n) is 3.87. The van der Waals surface area contributed by atoms with Gasteiger partial charge in [0.05, 0.1) is 11.5 Å². The summed E-state index contributed by atoms with van der Waals surface area (Å²) in [5.74, 6) is -0.855. The molecule has 1 aromatic carbocycles. The molecule has 0 radical (unpaired) electrons. The van der Waals surface area contributed by atoms with E-state index in [1.54, 1.807) is 12.1 Å². The maximum absolute atomic E-state index is 14.3. The van der Waals surface area contributed by atoms with E-state index in [0.29, 0.717) is 11.1 Å². The molecule has 2 fully saturated rings. The van der Waals surface area contributed by atoms with Crippen LogP contribution in [0, 0.1) is 11.2 Å². The maximum atomic E-state index is 14.3. The SMILES string of the molecule is O=C(CCl)NCc1ccc(CNC(=O)C2(C3CCCCO3)CCC2)c(F)c1. The number of benzene rings is 1. The Balaban J connectivity index is 1.57. The van der Waals surface area contributed by atoms with Crippen LogP contribution in [0.15, 0.2) is 18.2 Å². The molecule has 1 aliphatic heterocycles. The summed E-state index contributed by atoms with van der Waals surface area (Å²) < 4.78 is 20.2. The van der Waals surface area contributed by atoms with Gasteiger partial charge in [0.1, 0.15) is 11.7 Å². The van der Waals surface area contributed by atoms with Gasteiger partial charge in [-0.05, 0) is 43.7 Å². The van der Waals surface area contributed by atoms with Crippen molar-refractivity contribution >= 4 is 23.4 Å². The number of nitrogens with one attached hydrogen (secondary N) is 2. The first-order valence-electron chi connectivity index (χ1n) is 9.55. The Morgan fingerprint density at radius 2 is 2.00 bits per heavy atom. The summed E-state index contributed by atoms with van der Waals surface area (Å²) in [5, 5.41) is 5.51. The summed E-state index contributed by atoms with van der Waals surface area (Å²) >= 11 is 5.42. The molecule has 1 atom stereocenters. The van der Waals surface area contributed by atoms with E-state index in [2.05, 4.69) is 10.6 Å². The Morgan fingerprint density at radius 3 is 2.59 bits per heavy atom. The summed E-state index contributed by atoms with van der Waals surface area (Å²) in [6.07, 6.45) is 5.76. The molecule has 1 aromatic rings. The molecular weight excluding hydrogens is 371 g/mol. The third-order valence-corrected chi connectivity index (χ3v) is 5.90. The van der Waals surface area contributed by atoms with Crippen LogP contribution in [0.1, 0.15) is 49.7 Å². The zero-order valence-electron chi connectivity index (χ0n) is 15.4. The van der Waals surface area contributed by atoms with Crippen LogP contribution < -0.4 is 10.6 Å². The van der Waals surface area contributed by atoms with Crippen molar-refractivity contribution in [2.75, 3.05) is 12.5 Å². The van der Waals surface area contributed by atoms with E-state index in [1.807, 2.05) is 0 Å². The second-order valence-corrected chi connectivity index (χ2v) is 7.65. The van der Waals surface area contributed by atoms with E-state index in [0.717, 1.165) is 45.1 Å². The minimum atomic E-state index is -0.442. The highest BCUT2D eigenvalue weighted by Crippen LogP contribution is 2.47. The van der Waals surface area contributed by atoms with Gasteiger partial charge in [0, 0.05) is 25.3 Å². The highest BCUT2D eigenvalue weighted by molar-refractivity contribution is 6.27. The number of rotatable bonds is 7. The molecule has 1 unspecified atom stereocenters. The zero-order chi connectivity index (χ0) is 19.3. The Hall–Kier alpha value is -1.66. The maximum Gasteiger partial charge on any atom is 0.235 e. The third-order valence-electron chi connectivity index (χ3n) is 5.66. The summed E-state index contributed by atoms with van der Waals surface area (Å²) in [4.78, 5) is 24.0. The molecule has 148 valence electrons. The average Bonchev–Trinajstić information content (AvgIpc) is 2.65. The van der Waals surface area contributed by atoms with Crippen LogP contribution in [0.5, 0.6) is 0 Å².